The number of hydrogen-bond acceptors (Lipinski definition) is 4. The van der Waals surface area contributed by atoms with E-state index in [2.05, 4.69) is 5.32 Å². The molecule has 5 heteroatoms. The number of nitrogens with one attached hydrogen (secondary N) is 1. The fraction of sp³-hybridized carbons (Fsp3) is 0.533. The van der Waals surface area contributed by atoms with Crippen molar-refractivity contribution in [1.29, 1.82) is 0 Å². The van der Waals surface area contributed by atoms with E-state index in [1.54, 1.807) is 7.11 Å². The van der Waals surface area contributed by atoms with Crippen LogP contribution in [0.2, 0.25) is 0 Å². The summed E-state index contributed by atoms with van der Waals surface area (Å²) in [6, 6.07) is 7.36. The standard InChI is InChI=1S/C15H24N2O3/c1-15(2,16)11-17-14(18)5-4-10-20-13-8-6-12(19-3)7-9-13/h6-9H,4-5,10-11,16H2,1-3H3,(H,17,18). The summed E-state index contributed by atoms with van der Waals surface area (Å²) in [6.45, 7) is 4.73. The van der Waals surface area contributed by atoms with Crippen LogP contribution >= 0.6 is 0 Å². The van der Waals surface area contributed by atoms with E-state index < -0.39 is 0 Å². The zero-order valence-corrected chi connectivity index (χ0v) is 12.4. The Morgan fingerprint density at radius 3 is 2.40 bits per heavy atom. The molecule has 0 saturated heterocycles. The van der Waals surface area contributed by atoms with Gasteiger partial charge in [-0.2, -0.15) is 0 Å². The number of nitrogens with two attached hydrogens (primary N) is 1. The molecule has 1 aromatic carbocycles. The number of methoxy groups -OCH3 is 1. The molecule has 0 aliphatic rings. The normalized spacial score (nSPS) is 11.0. The summed E-state index contributed by atoms with van der Waals surface area (Å²) in [5, 5.41) is 2.80. The fourth-order valence-corrected chi connectivity index (χ4v) is 1.51. The zero-order valence-electron chi connectivity index (χ0n) is 12.4. The average Bonchev–Trinajstić information content (AvgIpc) is 2.41. The lowest BCUT2D eigenvalue weighted by Gasteiger charge is -2.18. The van der Waals surface area contributed by atoms with Crippen molar-refractivity contribution in [1.82, 2.24) is 5.32 Å². The van der Waals surface area contributed by atoms with Gasteiger partial charge in [0.1, 0.15) is 11.5 Å². The molecule has 0 saturated carbocycles. The van der Waals surface area contributed by atoms with Gasteiger partial charge in [0.05, 0.1) is 13.7 Å². The summed E-state index contributed by atoms with van der Waals surface area (Å²) in [5.74, 6) is 1.57. The van der Waals surface area contributed by atoms with E-state index in [0.717, 1.165) is 11.5 Å². The van der Waals surface area contributed by atoms with E-state index in [1.807, 2.05) is 38.1 Å². The van der Waals surface area contributed by atoms with Gasteiger partial charge in [0.15, 0.2) is 0 Å². The first-order chi connectivity index (χ1) is 9.40. The minimum absolute atomic E-state index is 0.00172. The van der Waals surface area contributed by atoms with Gasteiger partial charge in [-0.15, -0.1) is 0 Å². The average molecular weight is 280 g/mol. The van der Waals surface area contributed by atoms with E-state index in [1.165, 1.54) is 0 Å². The number of benzene rings is 1. The number of amides is 1. The molecule has 112 valence electrons. The fourth-order valence-electron chi connectivity index (χ4n) is 1.51. The Morgan fingerprint density at radius 1 is 1.25 bits per heavy atom. The van der Waals surface area contributed by atoms with Gasteiger partial charge in [0, 0.05) is 18.5 Å². The smallest absolute Gasteiger partial charge is 0.220 e. The predicted octanol–water partition coefficient (Wildman–Crippen LogP) is 1.71. The summed E-state index contributed by atoms with van der Waals surface area (Å²) >= 11 is 0. The molecule has 0 radical (unpaired) electrons. The second-order valence-corrected chi connectivity index (χ2v) is 5.39. The number of rotatable bonds is 8. The van der Waals surface area contributed by atoms with E-state index in [0.29, 0.717) is 26.0 Å². The van der Waals surface area contributed by atoms with Crippen molar-refractivity contribution in [2.75, 3.05) is 20.3 Å². The Kier molecular flexibility index (Phi) is 6.31. The molecular formula is C15H24N2O3. The SMILES string of the molecule is COc1ccc(OCCCC(=O)NCC(C)(C)N)cc1. The first-order valence-electron chi connectivity index (χ1n) is 6.73. The van der Waals surface area contributed by atoms with E-state index in [4.69, 9.17) is 15.2 Å². The van der Waals surface area contributed by atoms with Gasteiger partial charge in [-0.25, -0.2) is 0 Å². The Hall–Kier alpha value is -1.75. The predicted molar refractivity (Wildman–Crippen MR) is 79.0 cm³/mol. The molecule has 0 aromatic heterocycles. The summed E-state index contributed by atoms with van der Waals surface area (Å²) in [6.07, 6.45) is 1.11. The third-order valence-electron chi connectivity index (χ3n) is 2.62. The molecule has 1 rings (SSSR count). The molecule has 1 amide bonds. The topological polar surface area (TPSA) is 73.6 Å². The Balaban J connectivity index is 2.16. The quantitative estimate of drug-likeness (QED) is 0.711. The maximum Gasteiger partial charge on any atom is 0.220 e. The Morgan fingerprint density at radius 2 is 1.85 bits per heavy atom. The summed E-state index contributed by atoms with van der Waals surface area (Å²) < 4.78 is 10.6. The zero-order chi connectivity index (χ0) is 15.0. The van der Waals surface area contributed by atoms with Crippen molar-refractivity contribution in [2.45, 2.75) is 32.2 Å². The van der Waals surface area contributed by atoms with Crippen LogP contribution in [0.15, 0.2) is 24.3 Å². The highest BCUT2D eigenvalue weighted by Crippen LogP contribution is 2.17. The van der Waals surface area contributed by atoms with Gasteiger partial charge < -0.3 is 20.5 Å². The number of carbonyl (C=O) groups is 1. The minimum atomic E-state index is -0.380. The van der Waals surface area contributed by atoms with Crippen LogP contribution in [0, 0.1) is 0 Å². The number of ether oxygens (including phenoxy) is 2. The van der Waals surface area contributed by atoms with Gasteiger partial charge in [-0.05, 0) is 44.5 Å². The van der Waals surface area contributed by atoms with Crippen molar-refractivity contribution in [3.8, 4) is 11.5 Å². The number of hydrogen-bond donors (Lipinski definition) is 2. The first-order valence-corrected chi connectivity index (χ1v) is 6.73. The molecular weight excluding hydrogens is 256 g/mol. The summed E-state index contributed by atoms with van der Waals surface area (Å²) in [7, 11) is 1.62. The monoisotopic (exact) mass is 280 g/mol. The maximum atomic E-state index is 11.5. The molecule has 0 unspecified atom stereocenters. The highest BCUT2D eigenvalue weighted by molar-refractivity contribution is 5.75. The van der Waals surface area contributed by atoms with E-state index >= 15 is 0 Å². The van der Waals surface area contributed by atoms with Crippen LogP contribution in [0.25, 0.3) is 0 Å². The first kappa shape index (κ1) is 16.3. The molecule has 0 spiro atoms. The van der Waals surface area contributed by atoms with Crippen LogP contribution in [0.1, 0.15) is 26.7 Å². The van der Waals surface area contributed by atoms with Crippen LogP contribution < -0.4 is 20.5 Å². The molecule has 3 N–H and O–H groups in total. The third kappa shape index (κ3) is 6.99. The molecule has 0 heterocycles. The van der Waals surface area contributed by atoms with Crippen molar-refractivity contribution in [2.24, 2.45) is 5.73 Å². The van der Waals surface area contributed by atoms with Gasteiger partial charge in [0.25, 0.3) is 0 Å². The Labute approximate surface area is 120 Å². The largest absolute Gasteiger partial charge is 0.497 e. The van der Waals surface area contributed by atoms with Crippen LogP contribution in [0.4, 0.5) is 0 Å². The van der Waals surface area contributed by atoms with Crippen LogP contribution in [0.5, 0.6) is 11.5 Å². The lowest BCUT2D eigenvalue weighted by Crippen LogP contribution is -2.45. The second-order valence-electron chi connectivity index (χ2n) is 5.39. The maximum absolute atomic E-state index is 11.5. The molecule has 5 nitrogen and oxygen atoms in total. The molecule has 0 fully saturated rings. The minimum Gasteiger partial charge on any atom is -0.497 e. The van der Waals surface area contributed by atoms with E-state index in [9.17, 15) is 4.79 Å². The van der Waals surface area contributed by atoms with Gasteiger partial charge in [-0.1, -0.05) is 0 Å². The van der Waals surface area contributed by atoms with Crippen LogP contribution in [-0.2, 0) is 4.79 Å². The summed E-state index contributed by atoms with van der Waals surface area (Å²) in [5.41, 5.74) is 5.41. The van der Waals surface area contributed by atoms with Crippen molar-refractivity contribution >= 4 is 5.91 Å². The van der Waals surface area contributed by atoms with Crippen molar-refractivity contribution < 1.29 is 14.3 Å². The number of carbonyl (C=O) groups excluding carboxylic acids is 1. The van der Waals surface area contributed by atoms with Gasteiger partial charge in [0.2, 0.25) is 5.91 Å². The Bertz CT molecular complexity index is 410. The van der Waals surface area contributed by atoms with E-state index in [-0.39, 0.29) is 11.4 Å². The highest BCUT2D eigenvalue weighted by atomic mass is 16.5. The molecule has 0 atom stereocenters. The molecule has 0 aliphatic carbocycles. The highest BCUT2D eigenvalue weighted by Gasteiger charge is 2.11. The van der Waals surface area contributed by atoms with Crippen molar-refractivity contribution in [3.05, 3.63) is 24.3 Å². The van der Waals surface area contributed by atoms with Gasteiger partial charge >= 0.3 is 0 Å². The third-order valence-corrected chi connectivity index (χ3v) is 2.62. The van der Waals surface area contributed by atoms with Crippen LogP contribution in [-0.4, -0.2) is 31.7 Å². The molecule has 0 aliphatic heterocycles. The lowest BCUT2D eigenvalue weighted by molar-refractivity contribution is -0.121. The molecule has 0 bridgehead atoms. The molecule has 20 heavy (non-hydrogen) atoms. The molecule has 1 aromatic rings. The second kappa shape index (κ2) is 7.75. The lowest BCUT2D eigenvalue weighted by atomic mass is 10.1. The van der Waals surface area contributed by atoms with Crippen molar-refractivity contribution in [3.63, 3.8) is 0 Å². The summed E-state index contributed by atoms with van der Waals surface area (Å²) in [4.78, 5) is 11.5. The van der Waals surface area contributed by atoms with Gasteiger partial charge in [-0.3, -0.25) is 4.79 Å². The van der Waals surface area contributed by atoms with Crippen LogP contribution in [0.3, 0.4) is 0 Å².